The van der Waals surface area contributed by atoms with Gasteiger partial charge in [-0.25, -0.2) is 12.8 Å². The van der Waals surface area contributed by atoms with E-state index >= 15 is 0 Å². The highest BCUT2D eigenvalue weighted by molar-refractivity contribution is 7.92. The van der Waals surface area contributed by atoms with Crippen LogP contribution >= 0.6 is 0 Å². The van der Waals surface area contributed by atoms with Crippen LogP contribution in [0.1, 0.15) is 44.6 Å². The lowest BCUT2D eigenvalue weighted by atomic mass is 10.1. The Kier molecular flexibility index (Phi) is 9.49. The third-order valence-electron chi connectivity index (χ3n) is 7.78. The molecule has 1 unspecified atom stereocenters. The minimum absolute atomic E-state index is 0.0570. The van der Waals surface area contributed by atoms with Crippen LogP contribution in [0, 0.1) is 5.82 Å². The van der Waals surface area contributed by atoms with E-state index in [2.05, 4.69) is 5.32 Å². The molecule has 2 aliphatic rings. The zero-order valence-electron chi connectivity index (χ0n) is 24.1. The first-order valence-electron chi connectivity index (χ1n) is 14.6. The van der Waals surface area contributed by atoms with Crippen LogP contribution in [0.4, 0.5) is 10.1 Å². The molecule has 11 heteroatoms. The minimum Gasteiger partial charge on any atom is -0.486 e. The van der Waals surface area contributed by atoms with Gasteiger partial charge in [0.15, 0.2) is 11.5 Å². The second-order valence-electron chi connectivity index (χ2n) is 10.7. The molecule has 0 radical (unpaired) electrons. The van der Waals surface area contributed by atoms with E-state index in [-0.39, 0.29) is 41.4 Å². The molecule has 1 heterocycles. The monoisotopic (exact) mass is 609 g/mol. The van der Waals surface area contributed by atoms with E-state index in [4.69, 9.17) is 9.47 Å². The van der Waals surface area contributed by atoms with Crippen LogP contribution < -0.4 is 19.1 Å². The maximum absolute atomic E-state index is 14.2. The maximum Gasteiger partial charge on any atom is 0.264 e. The molecule has 228 valence electrons. The molecular formula is C32H36FN3O6S. The van der Waals surface area contributed by atoms with E-state index in [1.807, 2.05) is 37.3 Å². The summed E-state index contributed by atoms with van der Waals surface area (Å²) >= 11 is 0. The van der Waals surface area contributed by atoms with Crippen molar-refractivity contribution in [3.05, 3.63) is 84.2 Å². The Bertz CT molecular complexity index is 1530. The number of anilines is 1. The summed E-state index contributed by atoms with van der Waals surface area (Å²) in [5.41, 5.74) is 0.902. The predicted molar refractivity (Wildman–Crippen MR) is 160 cm³/mol. The van der Waals surface area contributed by atoms with Gasteiger partial charge in [-0.3, -0.25) is 13.9 Å². The number of carbonyl (C=O) groups is 2. The number of sulfonamides is 1. The number of amides is 2. The van der Waals surface area contributed by atoms with Crippen molar-refractivity contribution in [2.75, 3.05) is 24.1 Å². The lowest BCUT2D eigenvalue weighted by Gasteiger charge is -2.34. The van der Waals surface area contributed by atoms with Crippen molar-refractivity contribution >= 4 is 27.5 Å². The summed E-state index contributed by atoms with van der Waals surface area (Å²) in [5.74, 6) is -0.683. The molecule has 0 spiro atoms. The zero-order valence-corrected chi connectivity index (χ0v) is 24.9. The second kappa shape index (κ2) is 13.5. The molecule has 5 rings (SSSR count). The number of ether oxygens (including phenoxy) is 2. The van der Waals surface area contributed by atoms with E-state index in [0.29, 0.717) is 18.8 Å². The Hall–Kier alpha value is -4.12. The van der Waals surface area contributed by atoms with Crippen molar-refractivity contribution in [1.29, 1.82) is 0 Å². The highest BCUT2D eigenvalue weighted by Gasteiger charge is 2.35. The van der Waals surface area contributed by atoms with E-state index in [0.717, 1.165) is 47.7 Å². The van der Waals surface area contributed by atoms with Gasteiger partial charge in [0.2, 0.25) is 11.8 Å². The second-order valence-corrected chi connectivity index (χ2v) is 12.6. The Balaban J connectivity index is 1.49. The molecule has 1 atom stereocenters. The van der Waals surface area contributed by atoms with Crippen molar-refractivity contribution < 1.29 is 31.9 Å². The standard InChI is InChI=1S/C32H36FN3O6S/c1-2-28(32(38)34-25-10-6-7-11-25)35(21-23-8-4-3-5-9-23)31(37)22-36(26-14-12-24(33)13-15-26)43(39,40)27-16-17-29-30(20-27)42-19-18-41-29/h3-5,8-9,12-17,20,25,28H,2,6-7,10-11,18-19,21-22H2,1H3,(H,34,38). The summed E-state index contributed by atoms with van der Waals surface area (Å²) in [4.78, 5) is 29.0. The number of rotatable bonds is 11. The van der Waals surface area contributed by atoms with Crippen molar-refractivity contribution in [2.24, 2.45) is 0 Å². The lowest BCUT2D eigenvalue weighted by molar-refractivity contribution is -0.140. The van der Waals surface area contributed by atoms with E-state index < -0.39 is 34.3 Å². The Morgan fingerprint density at radius 2 is 1.63 bits per heavy atom. The third kappa shape index (κ3) is 7.10. The maximum atomic E-state index is 14.2. The number of halogens is 1. The van der Waals surface area contributed by atoms with Crippen LogP contribution in [0.5, 0.6) is 11.5 Å². The molecule has 1 aliphatic carbocycles. The van der Waals surface area contributed by atoms with Gasteiger partial charge in [0, 0.05) is 18.7 Å². The summed E-state index contributed by atoms with van der Waals surface area (Å²) in [6.07, 6.45) is 4.20. The first-order chi connectivity index (χ1) is 20.8. The molecule has 2 amide bonds. The molecule has 1 fully saturated rings. The molecular weight excluding hydrogens is 573 g/mol. The highest BCUT2D eigenvalue weighted by Crippen LogP contribution is 2.34. The topological polar surface area (TPSA) is 105 Å². The number of hydrogen-bond acceptors (Lipinski definition) is 6. The number of nitrogens with zero attached hydrogens (tertiary/aromatic N) is 2. The molecule has 43 heavy (non-hydrogen) atoms. The van der Waals surface area contributed by atoms with Crippen molar-refractivity contribution in [3.63, 3.8) is 0 Å². The average Bonchev–Trinajstić information content (AvgIpc) is 3.53. The van der Waals surface area contributed by atoms with E-state index in [9.17, 15) is 22.4 Å². The predicted octanol–water partition coefficient (Wildman–Crippen LogP) is 4.66. The Morgan fingerprint density at radius 3 is 2.30 bits per heavy atom. The van der Waals surface area contributed by atoms with Gasteiger partial charge < -0.3 is 19.7 Å². The molecule has 0 aromatic heterocycles. The van der Waals surface area contributed by atoms with Gasteiger partial charge in [0.1, 0.15) is 31.6 Å². The van der Waals surface area contributed by atoms with Crippen LogP contribution in [0.2, 0.25) is 0 Å². The first kappa shape index (κ1) is 30.3. The largest absolute Gasteiger partial charge is 0.486 e. The van der Waals surface area contributed by atoms with Gasteiger partial charge in [0.05, 0.1) is 10.6 Å². The molecule has 1 saturated carbocycles. The number of hydrogen-bond donors (Lipinski definition) is 1. The average molecular weight is 610 g/mol. The molecule has 0 bridgehead atoms. The van der Waals surface area contributed by atoms with Crippen LogP contribution in [0.3, 0.4) is 0 Å². The Labute approximate surface area is 251 Å². The van der Waals surface area contributed by atoms with Crippen LogP contribution in [-0.2, 0) is 26.2 Å². The first-order valence-corrected chi connectivity index (χ1v) is 16.0. The summed E-state index contributed by atoms with van der Waals surface area (Å²) in [6, 6.07) is 17.6. The van der Waals surface area contributed by atoms with Gasteiger partial charge >= 0.3 is 0 Å². The van der Waals surface area contributed by atoms with Gasteiger partial charge in [0.25, 0.3) is 10.0 Å². The fraction of sp³-hybridized carbons (Fsp3) is 0.375. The van der Waals surface area contributed by atoms with E-state index in [1.165, 1.54) is 35.2 Å². The van der Waals surface area contributed by atoms with Crippen molar-refractivity contribution in [1.82, 2.24) is 10.2 Å². The number of nitrogens with one attached hydrogen (secondary N) is 1. The summed E-state index contributed by atoms with van der Waals surface area (Å²) < 4.78 is 54.2. The van der Waals surface area contributed by atoms with Crippen molar-refractivity contribution in [2.45, 2.75) is 62.6 Å². The third-order valence-corrected chi connectivity index (χ3v) is 9.55. The van der Waals surface area contributed by atoms with Gasteiger partial charge in [-0.05, 0) is 61.2 Å². The molecule has 0 saturated heterocycles. The smallest absolute Gasteiger partial charge is 0.264 e. The molecule has 3 aromatic carbocycles. The summed E-state index contributed by atoms with van der Waals surface area (Å²) in [7, 11) is -4.35. The van der Waals surface area contributed by atoms with Crippen LogP contribution in [0.25, 0.3) is 0 Å². The number of fused-ring (bicyclic) bond motifs is 1. The normalized spacial score (nSPS) is 15.5. The summed E-state index contributed by atoms with van der Waals surface area (Å²) in [6.45, 7) is 1.94. The van der Waals surface area contributed by atoms with Gasteiger partial charge in [-0.2, -0.15) is 0 Å². The summed E-state index contributed by atoms with van der Waals surface area (Å²) in [5, 5.41) is 3.10. The lowest BCUT2D eigenvalue weighted by Crippen LogP contribution is -2.53. The molecule has 3 aromatic rings. The quantitative estimate of drug-likeness (QED) is 0.339. The zero-order chi connectivity index (χ0) is 30.4. The van der Waals surface area contributed by atoms with Crippen LogP contribution in [-0.4, -0.2) is 57.0 Å². The SMILES string of the molecule is CCC(C(=O)NC1CCCC1)N(Cc1ccccc1)C(=O)CN(c1ccc(F)cc1)S(=O)(=O)c1ccc2c(c1)OCCO2. The van der Waals surface area contributed by atoms with Crippen molar-refractivity contribution in [3.8, 4) is 11.5 Å². The minimum atomic E-state index is -4.35. The van der Waals surface area contributed by atoms with E-state index in [1.54, 1.807) is 0 Å². The Morgan fingerprint density at radius 1 is 0.953 bits per heavy atom. The van der Waals surface area contributed by atoms with Gasteiger partial charge in [-0.1, -0.05) is 50.1 Å². The number of benzene rings is 3. The van der Waals surface area contributed by atoms with Gasteiger partial charge in [-0.15, -0.1) is 0 Å². The molecule has 1 aliphatic heterocycles. The highest BCUT2D eigenvalue weighted by atomic mass is 32.2. The fourth-order valence-corrected chi connectivity index (χ4v) is 6.94. The van der Waals surface area contributed by atoms with Crippen LogP contribution in [0.15, 0.2) is 77.7 Å². The fourth-order valence-electron chi connectivity index (χ4n) is 5.51. The molecule has 9 nitrogen and oxygen atoms in total. The molecule has 1 N–H and O–H groups in total. The number of carbonyl (C=O) groups excluding carboxylic acids is 2.